The number of carbonyl (C=O) groups excluding carboxylic acids is 1. The molecule has 0 atom stereocenters. The Labute approximate surface area is 157 Å². The van der Waals surface area contributed by atoms with Crippen LogP contribution in [0.1, 0.15) is 5.56 Å². The van der Waals surface area contributed by atoms with E-state index < -0.39 is 0 Å². The third kappa shape index (κ3) is 3.80. The molecule has 0 bridgehead atoms. The molecule has 4 aromatic rings. The molecule has 0 aliphatic rings. The van der Waals surface area contributed by atoms with Crippen molar-refractivity contribution in [2.24, 2.45) is 5.10 Å². The zero-order valence-corrected chi connectivity index (χ0v) is 14.6. The summed E-state index contributed by atoms with van der Waals surface area (Å²) in [5.41, 5.74) is 3.52. The van der Waals surface area contributed by atoms with Gasteiger partial charge in [0.2, 0.25) is 0 Å². The monoisotopic (exact) mass is 354 g/mol. The Balaban J connectivity index is 1.54. The van der Waals surface area contributed by atoms with Gasteiger partial charge in [-0.2, -0.15) is 5.10 Å². The number of hydrazone groups is 1. The standard InChI is InChI=1S/C23H18N2O2/c26-23(16-27-19-10-2-1-3-11-19)25-24-15-22-20-12-6-4-8-17(20)14-18-9-5-7-13-21(18)22/h1-15H,16H2,(H,25,26). The van der Waals surface area contributed by atoms with Gasteiger partial charge in [0.05, 0.1) is 6.21 Å². The van der Waals surface area contributed by atoms with Crippen molar-refractivity contribution in [1.29, 1.82) is 0 Å². The number of fused-ring (bicyclic) bond motifs is 2. The molecule has 4 nitrogen and oxygen atoms in total. The van der Waals surface area contributed by atoms with Crippen LogP contribution < -0.4 is 10.2 Å². The second kappa shape index (κ2) is 7.70. The molecule has 4 rings (SSSR count). The van der Waals surface area contributed by atoms with Crippen LogP contribution in [0, 0.1) is 0 Å². The second-order valence-electron chi connectivity index (χ2n) is 6.13. The number of ether oxygens (including phenoxy) is 1. The van der Waals surface area contributed by atoms with Gasteiger partial charge < -0.3 is 4.74 Å². The fraction of sp³-hybridized carbons (Fsp3) is 0.0435. The van der Waals surface area contributed by atoms with Crippen molar-refractivity contribution < 1.29 is 9.53 Å². The zero-order chi connectivity index (χ0) is 18.5. The van der Waals surface area contributed by atoms with Crippen molar-refractivity contribution in [3.8, 4) is 5.75 Å². The molecular formula is C23H18N2O2. The molecule has 0 saturated carbocycles. The van der Waals surface area contributed by atoms with E-state index in [4.69, 9.17) is 4.74 Å². The van der Waals surface area contributed by atoms with Crippen molar-refractivity contribution in [1.82, 2.24) is 5.43 Å². The Hall–Kier alpha value is -3.66. The molecule has 0 spiro atoms. The van der Waals surface area contributed by atoms with Crippen molar-refractivity contribution in [2.75, 3.05) is 6.61 Å². The highest BCUT2D eigenvalue weighted by Crippen LogP contribution is 2.27. The maximum absolute atomic E-state index is 12.0. The smallest absolute Gasteiger partial charge is 0.277 e. The number of nitrogens with one attached hydrogen (secondary N) is 1. The SMILES string of the molecule is O=C(COc1ccccc1)NN=Cc1c2ccccc2cc2ccccc12. The third-order valence-electron chi connectivity index (χ3n) is 4.31. The first-order valence-electron chi connectivity index (χ1n) is 8.71. The maximum atomic E-state index is 12.0. The number of carbonyl (C=O) groups is 1. The average Bonchev–Trinajstić information content (AvgIpc) is 2.72. The van der Waals surface area contributed by atoms with Gasteiger partial charge in [0.1, 0.15) is 5.75 Å². The maximum Gasteiger partial charge on any atom is 0.277 e. The van der Waals surface area contributed by atoms with Crippen LogP contribution in [0.25, 0.3) is 21.5 Å². The molecule has 1 N–H and O–H groups in total. The Morgan fingerprint density at radius 2 is 1.44 bits per heavy atom. The fourth-order valence-electron chi connectivity index (χ4n) is 3.05. The fourth-order valence-corrected chi connectivity index (χ4v) is 3.05. The molecule has 0 unspecified atom stereocenters. The Morgan fingerprint density at radius 1 is 0.852 bits per heavy atom. The van der Waals surface area contributed by atoms with E-state index in [0.29, 0.717) is 5.75 Å². The van der Waals surface area contributed by atoms with E-state index in [1.165, 1.54) is 0 Å². The van der Waals surface area contributed by atoms with E-state index in [0.717, 1.165) is 27.1 Å². The summed E-state index contributed by atoms with van der Waals surface area (Å²) in [6, 6.07) is 27.7. The van der Waals surface area contributed by atoms with E-state index in [1.54, 1.807) is 18.3 Å². The van der Waals surface area contributed by atoms with Gasteiger partial charge in [0.15, 0.2) is 6.61 Å². The highest BCUT2D eigenvalue weighted by molar-refractivity contribution is 6.13. The normalized spacial score (nSPS) is 11.1. The molecule has 0 aliphatic carbocycles. The van der Waals surface area contributed by atoms with Crippen molar-refractivity contribution in [3.05, 3.63) is 90.5 Å². The van der Waals surface area contributed by atoms with Gasteiger partial charge in [-0.3, -0.25) is 4.79 Å². The molecule has 0 fully saturated rings. The molecule has 0 aromatic heterocycles. The minimum atomic E-state index is -0.306. The molecule has 4 heteroatoms. The summed E-state index contributed by atoms with van der Waals surface area (Å²) in [5, 5.41) is 8.61. The van der Waals surface area contributed by atoms with Crippen LogP contribution in [0.15, 0.2) is 90.0 Å². The van der Waals surface area contributed by atoms with Crippen LogP contribution in [-0.2, 0) is 4.79 Å². The third-order valence-corrected chi connectivity index (χ3v) is 4.31. The van der Waals surface area contributed by atoms with Gasteiger partial charge in [-0.25, -0.2) is 5.43 Å². The molecular weight excluding hydrogens is 336 g/mol. The molecule has 27 heavy (non-hydrogen) atoms. The first-order chi connectivity index (χ1) is 13.3. The zero-order valence-electron chi connectivity index (χ0n) is 14.6. The Morgan fingerprint density at radius 3 is 2.11 bits per heavy atom. The molecule has 132 valence electrons. The van der Waals surface area contributed by atoms with E-state index in [2.05, 4.69) is 40.9 Å². The lowest BCUT2D eigenvalue weighted by Gasteiger charge is -2.08. The van der Waals surface area contributed by atoms with Crippen LogP contribution in [-0.4, -0.2) is 18.7 Å². The summed E-state index contributed by atoms with van der Waals surface area (Å²) in [6.07, 6.45) is 1.70. The van der Waals surface area contributed by atoms with Crippen molar-refractivity contribution >= 4 is 33.7 Å². The van der Waals surface area contributed by atoms with Crippen LogP contribution in [0.5, 0.6) is 5.75 Å². The van der Waals surface area contributed by atoms with Crippen molar-refractivity contribution in [3.63, 3.8) is 0 Å². The van der Waals surface area contributed by atoms with Gasteiger partial charge in [-0.05, 0) is 39.7 Å². The topological polar surface area (TPSA) is 50.7 Å². The molecule has 4 aromatic carbocycles. The molecule has 1 amide bonds. The van der Waals surface area contributed by atoms with Gasteiger partial charge in [0, 0.05) is 5.56 Å². The lowest BCUT2D eigenvalue weighted by Crippen LogP contribution is -2.24. The highest BCUT2D eigenvalue weighted by Gasteiger charge is 2.06. The van der Waals surface area contributed by atoms with Crippen LogP contribution >= 0.6 is 0 Å². The summed E-state index contributed by atoms with van der Waals surface area (Å²) in [5.74, 6) is 0.344. The number of amides is 1. The Bertz CT molecular complexity index is 1070. The largest absolute Gasteiger partial charge is 0.484 e. The van der Waals surface area contributed by atoms with Crippen LogP contribution in [0.2, 0.25) is 0 Å². The van der Waals surface area contributed by atoms with Crippen molar-refractivity contribution in [2.45, 2.75) is 0 Å². The minimum absolute atomic E-state index is 0.0857. The number of hydrogen-bond acceptors (Lipinski definition) is 3. The first kappa shape index (κ1) is 16.8. The predicted octanol–water partition coefficient (Wildman–Crippen LogP) is 4.52. The van der Waals surface area contributed by atoms with E-state index >= 15 is 0 Å². The summed E-state index contributed by atoms with van der Waals surface area (Å²) in [7, 11) is 0. The van der Waals surface area contributed by atoms with E-state index in [9.17, 15) is 4.79 Å². The lowest BCUT2D eigenvalue weighted by molar-refractivity contribution is -0.123. The van der Waals surface area contributed by atoms with Gasteiger partial charge in [-0.15, -0.1) is 0 Å². The van der Waals surface area contributed by atoms with Gasteiger partial charge >= 0.3 is 0 Å². The van der Waals surface area contributed by atoms with Crippen LogP contribution in [0.3, 0.4) is 0 Å². The van der Waals surface area contributed by atoms with E-state index in [-0.39, 0.29) is 12.5 Å². The molecule has 0 saturated heterocycles. The summed E-state index contributed by atoms with van der Waals surface area (Å²) < 4.78 is 5.43. The van der Waals surface area contributed by atoms with Gasteiger partial charge in [0.25, 0.3) is 5.91 Å². The number of nitrogens with zero attached hydrogens (tertiary/aromatic N) is 1. The molecule has 0 heterocycles. The number of rotatable bonds is 5. The number of benzene rings is 4. The number of para-hydroxylation sites is 1. The van der Waals surface area contributed by atoms with E-state index in [1.807, 2.05) is 42.5 Å². The minimum Gasteiger partial charge on any atom is -0.484 e. The lowest BCUT2D eigenvalue weighted by atomic mass is 9.97. The second-order valence-corrected chi connectivity index (χ2v) is 6.13. The molecule has 0 radical (unpaired) electrons. The first-order valence-corrected chi connectivity index (χ1v) is 8.71. The van der Waals surface area contributed by atoms with Crippen LogP contribution in [0.4, 0.5) is 0 Å². The highest BCUT2D eigenvalue weighted by atomic mass is 16.5. The quantitative estimate of drug-likeness (QED) is 0.325. The summed E-state index contributed by atoms with van der Waals surface area (Å²) in [6.45, 7) is -0.0857. The number of hydrogen-bond donors (Lipinski definition) is 1. The average molecular weight is 354 g/mol. The summed E-state index contributed by atoms with van der Waals surface area (Å²) >= 11 is 0. The summed E-state index contributed by atoms with van der Waals surface area (Å²) in [4.78, 5) is 12.0. The Kier molecular flexibility index (Phi) is 4.79. The molecule has 0 aliphatic heterocycles. The predicted molar refractivity (Wildman–Crippen MR) is 109 cm³/mol. The van der Waals surface area contributed by atoms with Gasteiger partial charge in [-0.1, -0.05) is 66.7 Å².